The maximum Gasteiger partial charge on any atom is 0.320 e. The molecule has 6 heteroatoms. The molecular formula is C33H29ClO5. The third-order valence-electron chi connectivity index (χ3n) is 6.41. The summed E-state index contributed by atoms with van der Waals surface area (Å²) in [5.41, 5.74) is 2.82. The van der Waals surface area contributed by atoms with E-state index in [1.807, 2.05) is 78.9 Å². The highest BCUT2D eigenvalue weighted by Crippen LogP contribution is 2.34. The normalized spacial score (nSPS) is 11.5. The van der Waals surface area contributed by atoms with E-state index in [1.165, 1.54) is 0 Å². The van der Waals surface area contributed by atoms with Crippen LogP contribution in [-0.4, -0.2) is 17.7 Å². The SMILES string of the molecule is O=C(CC(CC(C(=O)OCc1ccccc1)C(=O)OCc1ccccc1)c1ccccc1Cl)c1ccccc1. The average Bonchev–Trinajstić information content (AvgIpc) is 2.98. The van der Waals surface area contributed by atoms with Gasteiger partial charge >= 0.3 is 11.9 Å². The molecule has 39 heavy (non-hydrogen) atoms. The van der Waals surface area contributed by atoms with Crippen molar-refractivity contribution in [1.29, 1.82) is 0 Å². The molecule has 0 bridgehead atoms. The number of hydrogen-bond acceptors (Lipinski definition) is 5. The summed E-state index contributed by atoms with van der Waals surface area (Å²) >= 11 is 6.53. The summed E-state index contributed by atoms with van der Waals surface area (Å²) in [7, 11) is 0. The molecule has 0 aromatic heterocycles. The highest BCUT2D eigenvalue weighted by atomic mass is 35.5. The Kier molecular flexibility index (Phi) is 10.0. The molecular weight excluding hydrogens is 512 g/mol. The quantitative estimate of drug-likeness (QED) is 0.108. The van der Waals surface area contributed by atoms with Gasteiger partial charge in [0.15, 0.2) is 11.7 Å². The summed E-state index contributed by atoms with van der Waals surface area (Å²) in [6, 6.07) is 34.5. The van der Waals surface area contributed by atoms with Gasteiger partial charge in [0.25, 0.3) is 0 Å². The van der Waals surface area contributed by atoms with Crippen LogP contribution in [0.3, 0.4) is 0 Å². The number of halogens is 1. The highest BCUT2D eigenvalue weighted by Gasteiger charge is 2.35. The van der Waals surface area contributed by atoms with Crippen LogP contribution in [0.2, 0.25) is 5.02 Å². The number of carbonyl (C=O) groups is 3. The smallest absolute Gasteiger partial charge is 0.320 e. The largest absolute Gasteiger partial charge is 0.460 e. The van der Waals surface area contributed by atoms with E-state index in [9.17, 15) is 14.4 Å². The maximum absolute atomic E-state index is 13.3. The second-order valence-corrected chi connectivity index (χ2v) is 9.59. The molecule has 0 N–H and O–H groups in total. The number of Topliss-reactive ketones (excluding diaryl/α,β-unsaturated/α-hetero) is 1. The van der Waals surface area contributed by atoms with Crippen molar-refractivity contribution >= 4 is 29.3 Å². The van der Waals surface area contributed by atoms with Crippen LogP contribution in [0, 0.1) is 5.92 Å². The zero-order valence-corrected chi connectivity index (χ0v) is 22.1. The molecule has 1 atom stereocenters. The Morgan fingerprint density at radius 3 is 1.59 bits per heavy atom. The molecule has 5 nitrogen and oxygen atoms in total. The van der Waals surface area contributed by atoms with Crippen molar-refractivity contribution in [2.45, 2.75) is 32.0 Å². The molecule has 0 radical (unpaired) electrons. The summed E-state index contributed by atoms with van der Waals surface area (Å²) in [6.45, 7) is 0.0314. The van der Waals surface area contributed by atoms with Gasteiger partial charge in [0.05, 0.1) is 0 Å². The molecule has 0 amide bonds. The molecule has 0 heterocycles. The predicted octanol–water partition coefficient (Wildman–Crippen LogP) is 7.19. The van der Waals surface area contributed by atoms with Crippen molar-refractivity contribution < 1.29 is 23.9 Å². The monoisotopic (exact) mass is 540 g/mol. The summed E-state index contributed by atoms with van der Waals surface area (Å²) in [5.74, 6) is -3.30. The number of carbonyl (C=O) groups excluding carboxylic acids is 3. The van der Waals surface area contributed by atoms with E-state index in [4.69, 9.17) is 21.1 Å². The molecule has 0 aliphatic carbocycles. The molecule has 0 spiro atoms. The molecule has 0 saturated carbocycles. The minimum absolute atomic E-state index is 0.00352. The standard InChI is InChI=1S/C33H29ClO5/c34-30-19-11-10-18-28(30)27(21-31(35)26-16-8-3-9-17-26)20-29(32(36)38-22-24-12-4-1-5-13-24)33(37)39-23-25-14-6-2-7-15-25/h1-19,27,29H,20-23H2. The zero-order chi connectivity index (χ0) is 27.5. The van der Waals surface area contributed by atoms with Crippen molar-refractivity contribution in [2.75, 3.05) is 0 Å². The third-order valence-corrected chi connectivity index (χ3v) is 6.75. The van der Waals surface area contributed by atoms with Gasteiger partial charge in [-0.3, -0.25) is 14.4 Å². The van der Waals surface area contributed by atoms with Gasteiger partial charge in [-0.1, -0.05) is 121 Å². The van der Waals surface area contributed by atoms with Gasteiger partial charge in [-0.15, -0.1) is 0 Å². The van der Waals surface area contributed by atoms with Crippen LogP contribution in [0.1, 0.15) is 45.8 Å². The minimum atomic E-state index is -1.25. The van der Waals surface area contributed by atoms with Gasteiger partial charge in [0, 0.05) is 17.0 Å². The van der Waals surface area contributed by atoms with Gasteiger partial charge in [-0.2, -0.15) is 0 Å². The Morgan fingerprint density at radius 2 is 1.08 bits per heavy atom. The van der Waals surface area contributed by atoms with Crippen LogP contribution in [0.25, 0.3) is 0 Å². The second kappa shape index (κ2) is 14.1. The molecule has 198 valence electrons. The van der Waals surface area contributed by atoms with Gasteiger partial charge in [-0.25, -0.2) is 0 Å². The van der Waals surface area contributed by atoms with E-state index in [0.29, 0.717) is 16.1 Å². The number of ketones is 1. The van der Waals surface area contributed by atoms with Crippen LogP contribution >= 0.6 is 11.6 Å². The number of benzene rings is 4. The summed E-state index contributed by atoms with van der Waals surface area (Å²) in [6.07, 6.45) is 0.0612. The fourth-order valence-corrected chi connectivity index (χ4v) is 4.61. The Bertz CT molecular complexity index is 1320. The van der Waals surface area contributed by atoms with Crippen LogP contribution in [0.15, 0.2) is 115 Å². The van der Waals surface area contributed by atoms with Gasteiger partial charge in [0.1, 0.15) is 13.2 Å². The first-order valence-corrected chi connectivity index (χ1v) is 13.1. The van der Waals surface area contributed by atoms with Gasteiger partial charge in [-0.05, 0) is 35.1 Å². The summed E-state index contributed by atoms with van der Waals surface area (Å²) in [4.78, 5) is 39.9. The molecule has 0 saturated heterocycles. The lowest BCUT2D eigenvalue weighted by atomic mass is 9.84. The van der Waals surface area contributed by atoms with Crippen LogP contribution in [0.5, 0.6) is 0 Å². The molecule has 0 fully saturated rings. The molecule has 1 unspecified atom stereocenters. The minimum Gasteiger partial charge on any atom is -0.460 e. The van der Waals surface area contributed by atoms with Crippen molar-refractivity contribution in [3.05, 3.63) is 143 Å². The van der Waals surface area contributed by atoms with E-state index in [-0.39, 0.29) is 31.8 Å². The molecule has 4 rings (SSSR count). The molecule has 4 aromatic rings. The second-order valence-electron chi connectivity index (χ2n) is 9.19. The van der Waals surface area contributed by atoms with Crippen molar-refractivity contribution in [2.24, 2.45) is 5.92 Å². The Morgan fingerprint density at radius 1 is 0.615 bits per heavy atom. The van der Waals surface area contributed by atoms with E-state index < -0.39 is 23.8 Å². The van der Waals surface area contributed by atoms with Gasteiger partial charge < -0.3 is 9.47 Å². The number of hydrogen-bond donors (Lipinski definition) is 0. The average molecular weight is 541 g/mol. The zero-order valence-electron chi connectivity index (χ0n) is 21.4. The first kappa shape index (κ1) is 27.8. The van der Waals surface area contributed by atoms with Crippen molar-refractivity contribution in [3.63, 3.8) is 0 Å². The predicted molar refractivity (Wildman–Crippen MR) is 150 cm³/mol. The lowest BCUT2D eigenvalue weighted by Crippen LogP contribution is -2.30. The third kappa shape index (κ3) is 8.13. The first-order chi connectivity index (χ1) is 19.0. The van der Waals surface area contributed by atoms with E-state index in [2.05, 4.69) is 0 Å². The fourth-order valence-electron chi connectivity index (χ4n) is 4.32. The molecule has 4 aromatic carbocycles. The van der Waals surface area contributed by atoms with Crippen molar-refractivity contribution in [1.82, 2.24) is 0 Å². The van der Waals surface area contributed by atoms with E-state index in [0.717, 1.165) is 11.1 Å². The Balaban J connectivity index is 1.58. The fraction of sp³-hybridized carbons (Fsp3) is 0.182. The lowest BCUT2D eigenvalue weighted by molar-refractivity contribution is -0.164. The Labute approximate surface area is 233 Å². The number of esters is 2. The van der Waals surface area contributed by atoms with E-state index in [1.54, 1.807) is 36.4 Å². The molecule has 0 aliphatic rings. The highest BCUT2D eigenvalue weighted by molar-refractivity contribution is 6.31. The van der Waals surface area contributed by atoms with Gasteiger partial charge in [0.2, 0.25) is 0 Å². The van der Waals surface area contributed by atoms with Crippen LogP contribution < -0.4 is 0 Å². The van der Waals surface area contributed by atoms with Crippen LogP contribution in [0.4, 0.5) is 0 Å². The first-order valence-electron chi connectivity index (χ1n) is 12.7. The van der Waals surface area contributed by atoms with Crippen molar-refractivity contribution in [3.8, 4) is 0 Å². The summed E-state index contributed by atoms with van der Waals surface area (Å²) < 4.78 is 11.1. The topological polar surface area (TPSA) is 69.7 Å². The number of rotatable bonds is 12. The van der Waals surface area contributed by atoms with E-state index >= 15 is 0 Å². The molecule has 0 aliphatic heterocycles. The number of ether oxygens (including phenoxy) is 2. The summed E-state index contributed by atoms with van der Waals surface area (Å²) in [5, 5.41) is 0.456. The Hall–Kier alpha value is -4.22. The lowest BCUT2D eigenvalue weighted by Gasteiger charge is -2.23. The maximum atomic E-state index is 13.3. The van der Waals surface area contributed by atoms with Crippen LogP contribution in [-0.2, 0) is 32.3 Å².